The summed E-state index contributed by atoms with van der Waals surface area (Å²) in [7, 11) is 0. The van der Waals surface area contributed by atoms with Crippen molar-refractivity contribution >= 4 is 0 Å². The third kappa shape index (κ3) is 3.99. The first-order chi connectivity index (χ1) is 13.2. The van der Waals surface area contributed by atoms with Gasteiger partial charge in [-0.15, -0.1) is 0 Å². The molecule has 1 aromatic carbocycles. The van der Waals surface area contributed by atoms with Crippen LogP contribution in [0.5, 0.6) is 11.5 Å². The number of phenols is 1. The predicted octanol–water partition coefficient (Wildman–Crippen LogP) is 5.09. The number of likely N-dealkylation sites (tertiary alicyclic amines) is 1. The molecule has 4 aliphatic carbocycles. The summed E-state index contributed by atoms with van der Waals surface area (Å²) in [5.41, 5.74) is 0.754. The molecule has 1 N–H and O–H groups in total. The maximum Gasteiger partial charge on any atom is 0.119 e. The fourth-order valence-electron chi connectivity index (χ4n) is 7.40. The van der Waals surface area contributed by atoms with E-state index in [1.165, 1.54) is 32.4 Å². The quantitative estimate of drug-likeness (QED) is 0.758. The number of ether oxygens (including phenoxy) is 1. The van der Waals surface area contributed by atoms with E-state index in [9.17, 15) is 5.11 Å². The number of aromatic hydroxyl groups is 1. The lowest BCUT2D eigenvalue weighted by Crippen LogP contribution is -2.47. The standard InChI is InChI=1S/C24H35NO2/c26-22-1-3-23(4-2-22)27-10-9-25-7-5-18(6-8-25)14-24-15-19-11-20(16-24)13-21(12-19)17-24/h1-4,18-21,26H,5-17H2. The van der Waals surface area contributed by atoms with Crippen molar-refractivity contribution in [2.45, 2.75) is 57.8 Å². The first-order valence-corrected chi connectivity index (χ1v) is 11.3. The Kier molecular flexibility index (Phi) is 4.83. The van der Waals surface area contributed by atoms with Gasteiger partial charge < -0.3 is 9.84 Å². The number of hydrogen-bond donors (Lipinski definition) is 1. The van der Waals surface area contributed by atoms with E-state index in [4.69, 9.17) is 4.74 Å². The molecule has 3 nitrogen and oxygen atoms in total. The Morgan fingerprint density at radius 3 is 2.11 bits per heavy atom. The van der Waals surface area contributed by atoms with Gasteiger partial charge in [-0.05, 0) is 124 Å². The molecular formula is C24H35NO2. The summed E-state index contributed by atoms with van der Waals surface area (Å²) in [6.07, 6.45) is 13.7. The third-order valence-corrected chi connectivity index (χ3v) is 8.11. The minimum absolute atomic E-state index is 0.295. The van der Waals surface area contributed by atoms with E-state index in [0.717, 1.165) is 48.0 Å². The number of phenolic OH excluding ortho intramolecular Hbond substituents is 1. The van der Waals surface area contributed by atoms with E-state index in [2.05, 4.69) is 4.90 Å². The van der Waals surface area contributed by atoms with E-state index >= 15 is 0 Å². The van der Waals surface area contributed by atoms with Gasteiger partial charge in [0.1, 0.15) is 18.1 Å². The van der Waals surface area contributed by atoms with Crippen LogP contribution in [0.1, 0.15) is 57.8 Å². The molecule has 4 bridgehead atoms. The Morgan fingerprint density at radius 1 is 0.926 bits per heavy atom. The minimum atomic E-state index is 0.295. The fraction of sp³-hybridized carbons (Fsp3) is 0.750. The zero-order valence-corrected chi connectivity index (χ0v) is 16.6. The molecule has 0 spiro atoms. The first-order valence-electron chi connectivity index (χ1n) is 11.3. The monoisotopic (exact) mass is 369 g/mol. The van der Waals surface area contributed by atoms with Gasteiger partial charge in [0.25, 0.3) is 0 Å². The number of hydrogen-bond acceptors (Lipinski definition) is 3. The molecule has 0 aromatic heterocycles. The SMILES string of the molecule is Oc1ccc(OCCN2CCC(CC34CC5CC(CC(C5)C3)C4)CC2)cc1. The van der Waals surface area contributed by atoms with Crippen LogP contribution in [-0.2, 0) is 0 Å². The molecule has 1 saturated heterocycles. The van der Waals surface area contributed by atoms with Gasteiger partial charge in [-0.1, -0.05) is 0 Å². The number of piperidine rings is 1. The topological polar surface area (TPSA) is 32.7 Å². The molecule has 148 valence electrons. The average molecular weight is 370 g/mol. The lowest BCUT2D eigenvalue weighted by molar-refractivity contribution is -0.0691. The van der Waals surface area contributed by atoms with Gasteiger partial charge in [-0.2, -0.15) is 0 Å². The molecule has 1 aromatic rings. The maximum atomic E-state index is 9.34. The van der Waals surface area contributed by atoms with Gasteiger partial charge in [0.15, 0.2) is 0 Å². The van der Waals surface area contributed by atoms with Gasteiger partial charge in [0.2, 0.25) is 0 Å². The van der Waals surface area contributed by atoms with Crippen LogP contribution in [0, 0.1) is 29.1 Å². The Morgan fingerprint density at radius 2 is 1.52 bits per heavy atom. The molecule has 4 saturated carbocycles. The molecule has 0 unspecified atom stereocenters. The highest BCUT2D eigenvalue weighted by Gasteiger charge is 2.51. The van der Waals surface area contributed by atoms with Crippen molar-refractivity contribution in [1.29, 1.82) is 0 Å². The van der Waals surface area contributed by atoms with Gasteiger partial charge in [0, 0.05) is 6.54 Å². The summed E-state index contributed by atoms with van der Waals surface area (Å²) in [6, 6.07) is 7.05. The number of rotatable bonds is 6. The van der Waals surface area contributed by atoms with Crippen LogP contribution >= 0.6 is 0 Å². The van der Waals surface area contributed by atoms with E-state index in [1.54, 1.807) is 50.7 Å². The van der Waals surface area contributed by atoms with Gasteiger partial charge in [-0.25, -0.2) is 0 Å². The van der Waals surface area contributed by atoms with Crippen molar-refractivity contribution in [3.05, 3.63) is 24.3 Å². The molecule has 1 aliphatic heterocycles. The second-order valence-corrected chi connectivity index (χ2v) is 10.2. The maximum absolute atomic E-state index is 9.34. The van der Waals surface area contributed by atoms with E-state index in [1.807, 2.05) is 12.1 Å². The largest absolute Gasteiger partial charge is 0.508 e. The summed E-state index contributed by atoms with van der Waals surface area (Å²) < 4.78 is 5.83. The molecule has 27 heavy (non-hydrogen) atoms. The Bertz CT molecular complexity index is 597. The molecule has 0 amide bonds. The Labute approximate surface area is 164 Å². The Balaban J connectivity index is 1.06. The van der Waals surface area contributed by atoms with E-state index in [0.29, 0.717) is 5.75 Å². The zero-order valence-electron chi connectivity index (χ0n) is 16.6. The molecular weight excluding hydrogens is 334 g/mol. The van der Waals surface area contributed by atoms with Crippen molar-refractivity contribution in [2.75, 3.05) is 26.2 Å². The number of benzene rings is 1. The molecule has 1 heterocycles. The number of nitrogens with zero attached hydrogens (tertiary/aromatic N) is 1. The van der Waals surface area contributed by atoms with Gasteiger partial charge in [-0.3, -0.25) is 4.90 Å². The van der Waals surface area contributed by atoms with Gasteiger partial charge >= 0.3 is 0 Å². The van der Waals surface area contributed by atoms with Crippen molar-refractivity contribution in [2.24, 2.45) is 29.1 Å². The van der Waals surface area contributed by atoms with Crippen molar-refractivity contribution in [3.63, 3.8) is 0 Å². The predicted molar refractivity (Wildman–Crippen MR) is 108 cm³/mol. The summed E-state index contributed by atoms with van der Waals surface area (Å²) in [5.74, 6) is 5.39. The van der Waals surface area contributed by atoms with Crippen LogP contribution in [0.15, 0.2) is 24.3 Å². The lowest BCUT2D eigenvalue weighted by Gasteiger charge is -2.58. The summed E-state index contributed by atoms with van der Waals surface area (Å²) in [4.78, 5) is 2.58. The second kappa shape index (κ2) is 7.31. The minimum Gasteiger partial charge on any atom is -0.508 e. The smallest absolute Gasteiger partial charge is 0.119 e. The van der Waals surface area contributed by atoms with Crippen LogP contribution in [0.25, 0.3) is 0 Å². The zero-order chi connectivity index (χ0) is 18.3. The van der Waals surface area contributed by atoms with Crippen LogP contribution in [0.3, 0.4) is 0 Å². The molecule has 3 heteroatoms. The highest BCUT2D eigenvalue weighted by Crippen LogP contribution is 2.62. The highest BCUT2D eigenvalue weighted by molar-refractivity contribution is 5.30. The fourth-order valence-corrected chi connectivity index (χ4v) is 7.40. The van der Waals surface area contributed by atoms with E-state index in [-0.39, 0.29) is 0 Å². The third-order valence-electron chi connectivity index (χ3n) is 8.11. The lowest BCUT2D eigenvalue weighted by atomic mass is 9.48. The summed E-state index contributed by atoms with van der Waals surface area (Å²) in [6.45, 7) is 4.25. The van der Waals surface area contributed by atoms with Crippen molar-refractivity contribution in [3.8, 4) is 11.5 Å². The van der Waals surface area contributed by atoms with Crippen molar-refractivity contribution in [1.82, 2.24) is 4.90 Å². The molecule has 5 aliphatic rings. The molecule has 0 atom stereocenters. The van der Waals surface area contributed by atoms with Crippen LogP contribution in [0.2, 0.25) is 0 Å². The normalized spacial score (nSPS) is 36.2. The highest BCUT2D eigenvalue weighted by atomic mass is 16.5. The van der Waals surface area contributed by atoms with Crippen LogP contribution in [0.4, 0.5) is 0 Å². The summed E-state index contributed by atoms with van der Waals surface area (Å²) in [5, 5.41) is 9.34. The average Bonchev–Trinajstić information content (AvgIpc) is 2.63. The van der Waals surface area contributed by atoms with Crippen LogP contribution in [-0.4, -0.2) is 36.2 Å². The molecule has 6 rings (SSSR count). The van der Waals surface area contributed by atoms with Crippen LogP contribution < -0.4 is 4.74 Å². The summed E-state index contributed by atoms with van der Waals surface area (Å²) >= 11 is 0. The second-order valence-electron chi connectivity index (χ2n) is 10.2. The first kappa shape index (κ1) is 17.8. The van der Waals surface area contributed by atoms with E-state index < -0.39 is 0 Å². The Hall–Kier alpha value is -1.22. The van der Waals surface area contributed by atoms with Gasteiger partial charge in [0.05, 0.1) is 0 Å². The molecule has 0 radical (unpaired) electrons. The van der Waals surface area contributed by atoms with Crippen molar-refractivity contribution < 1.29 is 9.84 Å². The molecule has 5 fully saturated rings.